The minimum atomic E-state index is -0.825. The number of benzene rings is 1. The molecule has 1 aliphatic carbocycles. The summed E-state index contributed by atoms with van der Waals surface area (Å²) in [4.78, 5) is 21.9. The number of rotatable bonds is 4. The second kappa shape index (κ2) is 5.11. The van der Waals surface area contributed by atoms with Gasteiger partial charge in [-0.2, -0.15) is 0 Å². The summed E-state index contributed by atoms with van der Waals surface area (Å²) in [7, 11) is 0. The smallest absolute Gasteiger partial charge is 0.311 e. The van der Waals surface area contributed by atoms with E-state index in [4.69, 9.17) is 0 Å². The van der Waals surface area contributed by atoms with E-state index in [1.807, 2.05) is 0 Å². The zero-order valence-electron chi connectivity index (χ0n) is 11.5. The Labute approximate surface area is 117 Å². The third-order valence-electron chi connectivity index (χ3n) is 4.19. The van der Waals surface area contributed by atoms with E-state index in [2.05, 4.69) is 5.32 Å². The number of nitrogens with one attached hydrogen (secondary N) is 1. The lowest BCUT2D eigenvalue weighted by molar-refractivity contribution is -0.385. The highest BCUT2D eigenvalue weighted by molar-refractivity contribution is 5.76. The fraction of sp³-hybridized carbons (Fsp3) is 0.500. The SMILES string of the molecule is Cc1ccc(NC2CCCC2(C)C(=O)O)cc1[N+](=O)[O-]. The Morgan fingerprint density at radius 2 is 2.25 bits per heavy atom. The van der Waals surface area contributed by atoms with Crippen molar-refractivity contribution in [3.05, 3.63) is 33.9 Å². The number of hydrogen-bond donors (Lipinski definition) is 2. The van der Waals surface area contributed by atoms with Crippen molar-refractivity contribution in [2.75, 3.05) is 5.32 Å². The molecule has 0 radical (unpaired) electrons. The lowest BCUT2D eigenvalue weighted by atomic mass is 9.85. The Morgan fingerprint density at radius 1 is 1.55 bits per heavy atom. The van der Waals surface area contributed by atoms with Gasteiger partial charge in [0.25, 0.3) is 5.69 Å². The lowest BCUT2D eigenvalue weighted by Crippen LogP contribution is -2.40. The fourth-order valence-corrected chi connectivity index (χ4v) is 2.75. The van der Waals surface area contributed by atoms with Gasteiger partial charge >= 0.3 is 5.97 Å². The van der Waals surface area contributed by atoms with Crippen LogP contribution in [-0.4, -0.2) is 22.0 Å². The molecular weight excluding hydrogens is 260 g/mol. The summed E-state index contributed by atoms with van der Waals surface area (Å²) in [5.41, 5.74) is 0.416. The van der Waals surface area contributed by atoms with Crippen molar-refractivity contribution < 1.29 is 14.8 Å². The molecule has 0 aromatic heterocycles. The van der Waals surface area contributed by atoms with Gasteiger partial charge in [-0.05, 0) is 32.8 Å². The van der Waals surface area contributed by atoms with Gasteiger partial charge in [0.1, 0.15) is 0 Å². The van der Waals surface area contributed by atoms with Crippen LogP contribution in [0.15, 0.2) is 18.2 Å². The summed E-state index contributed by atoms with van der Waals surface area (Å²) < 4.78 is 0. The molecule has 2 atom stereocenters. The van der Waals surface area contributed by atoms with Crippen molar-refractivity contribution in [1.29, 1.82) is 0 Å². The first-order valence-corrected chi connectivity index (χ1v) is 6.59. The largest absolute Gasteiger partial charge is 0.481 e. The lowest BCUT2D eigenvalue weighted by Gasteiger charge is -2.28. The van der Waals surface area contributed by atoms with Gasteiger partial charge in [-0.15, -0.1) is 0 Å². The standard InChI is InChI=1S/C14H18N2O4/c1-9-5-6-10(8-11(9)16(19)20)15-12-4-3-7-14(12,2)13(17)18/h5-6,8,12,15H,3-4,7H2,1-2H3,(H,17,18). The molecule has 0 heterocycles. The van der Waals surface area contributed by atoms with Crippen molar-refractivity contribution in [3.63, 3.8) is 0 Å². The summed E-state index contributed by atoms with van der Waals surface area (Å²) in [5, 5.41) is 23.4. The van der Waals surface area contributed by atoms with Crippen LogP contribution < -0.4 is 5.32 Å². The molecule has 6 nitrogen and oxygen atoms in total. The van der Waals surface area contributed by atoms with E-state index in [1.165, 1.54) is 6.07 Å². The van der Waals surface area contributed by atoms with Gasteiger partial charge in [-0.3, -0.25) is 14.9 Å². The van der Waals surface area contributed by atoms with E-state index in [1.54, 1.807) is 26.0 Å². The number of anilines is 1. The summed E-state index contributed by atoms with van der Waals surface area (Å²) in [6.45, 7) is 3.40. The Hall–Kier alpha value is -2.11. The average molecular weight is 278 g/mol. The first-order valence-electron chi connectivity index (χ1n) is 6.59. The Kier molecular flexibility index (Phi) is 3.65. The Bertz CT molecular complexity index is 558. The van der Waals surface area contributed by atoms with Gasteiger partial charge in [-0.1, -0.05) is 12.5 Å². The van der Waals surface area contributed by atoms with E-state index in [-0.39, 0.29) is 11.7 Å². The number of hydrogen-bond acceptors (Lipinski definition) is 4. The van der Waals surface area contributed by atoms with Crippen molar-refractivity contribution in [2.45, 2.75) is 39.2 Å². The highest BCUT2D eigenvalue weighted by Gasteiger charge is 2.45. The molecule has 0 spiro atoms. The molecule has 0 aliphatic heterocycles. The number of aryl methyl sites for hydroxylation is 1. The topological polar surface area (TPSA) is 92.5 Å². The monoisotopic (exact) mass is 278 g/mol. The maximum Gasteiger partial charge on any atom is 0.311 e. The Balaban J connectivity index is 2.24. The predicted octanol–water partition coefficient (Wildman–Crippen LogP) is 2.96. The number of carboxylic acids is 1. The normalized spacial score (nSPS) is 25.4. The van der Waals surface area contributed by atoms with Gasteiger partial charge in [0.15, 0.2) is 0 Å². The van der Waals surface area contributed by atoms with Crippen molar-refractivity contribution in [3.8, 4) is 0 Å². The zero-order valence-corrected chi connectivity index (χ0v) is 11.5. The van der Waals surface area contributed by atoms with E-state index >= 15 is 0 Å². The highest BCUT2D eigenvalue weighted by atomic mass is 16.6. The van der Waals surface area contributed by atoms with E-state index in [9.17, 15) is 20.0 Å². The fourth-order valence-electron chi connectivity index (χ4n) is 2.75. The second-order valence-electron chi connectivity index (χ2n) is 5.57. The molecule has 2 N–H and O–H groups in total. The molecule has 2 rings (SSSR count). The van der Waals surface area contributed by atoms with E-state index in [0.29, 0.717) is 17.7 Å². The Morgan fingerprint density at radius 3 is 2.85 bits per heavy atom. The van der Waals surface area contributed by atoms with Gasteiger partial charge in [0, 0.05) is 23.4 Å². The molecule has 0 saturated heterocycles. The first kappa shape index (κ1) is 14.3. The molecule has 1 fully saturated rings. The summed E-state index contributed by atoms with van der Waals surface area (Å²) >= 11 is 0. The van der Waals surface area contributed by atoms with Crippen LogP contribution in [0, 0.1) is 22.5 Å². The molecular formula is C14H18N2O4. The number of carbonyl (C=O) groups is 1. The molecule has 1 aromatic rings. The predicted molar refractivity (Wildman–Crippen MR) is 74.8 cm³/mol. The second-order valence-corrected chi connectivity index (χ2v) is 5.57. The minimum absolute atomic E-state index is 0.0463. The van der Waals surface area contributed by atoms with Crippen LogP contribution in [-0.2, 0) is 4.79 Å². The molecule has 2 unspecified atom stereocenters. The summed E-state index contributed by atoms with van der Waals surface area (Å²) in [5.74, 6) is -0.825. The van der Waals surface area contributed by atoms with Crippen LogP contribution in [0.4, 0.5) is 11.4 Å². The van der Waals surface area contributed by atoms with Crippen LogP contribution in [0.2, 0.25) is 0 Å². The summed E-state index contributed by atoms with van der Waals surface area (Å²) in [6, 6.07) is 4.69. The number of nitro groups is 1. The minimum Gasteiger partial charge on any atom is -0.481 e. The van der Waals surface area contributed by atoms with Crippen LogP contribution in [0.1, 0.15) is 31.7 Å². The molecule has 0 amide bonds. The molecule has 1 aromatic carbocycles. The third-order valence-corrected chi connectivity index (χ3v) is 4.19. The first-order chi connectivity index (χ1) is 9.34. The third kappa shape index (κ3) is 2.45. The van der Waals surface area contributed by atoms with Crippen LogP contribution >= 0.6 is 0 Å². The number of aliphatic carboxylic acids is 1. The molecule has 20 heavy (non-hydrogen) atoms. The molecule has 1 saturated carbocycles. The van der Waals surface area contributed by atoms with Gasteiger partial charge in [-0.25, -0.2) is 0 Å². The van der Waals surface area contributed by atoms with E-state index < -0.39 is 16.3 Å². The molecule has 6 heteroatoms. The quantitative estimate of drug-likeness (QED) is 0.652. The average Bonchev–Trinajstić information content (AvgIpc) is 2.74. The van der Waals surface area contributed by atoms with Crippen LogP contribution in [0.5, 0.6) is 0 Å². The van der Waals surface area contributed by atoms with Crippen LogP contribution in [0.25, 0.3) is 0 Å². The molecule has 1 aliphatic rings. The maximum atomic E-state index is 11.4. The van der Waals surface area contributed by atoms with Crippen molar-refractivity contribution in [1.82, 2.24) is 0 Å². The van der Waals surface area contributed by atoms with Gasteiger partial charge < -0.3 is 10.4 Å². The number of carboxylic acid groups (broad SMARTS) is 1. The maximum absolute atomic E-state index is 11.4. The number of nitrogens with zero attached hydrogens (tertiary/aromatic N) is 1. The van der Waals surface area contributed by atoms with Crippen LogP contribution in [0.3, 0.4) is 0 Å². The zero-order chi connectivity index (χ0) is 14.9. The van der Waals surface area contributed by atoms with Gasteiger partial charge in [0.05, 0.1) is 10.3 Å². The highest BCUT2D eigenvalue weighted by Crippen LogP contribution is 2.40. The van der Waals surface area contributed by atoms with E-state index in [0.717, 1.165) is 12.8 Å². The molecule has 0 bridgehead atoms. The number of nitro benzene ring substituents is 1. The van der Waals surface area contributed by atoms with Gasteiger partial charge in [0.2, 0.25) is 0 Å². The van der Waals surface area contributed by atoms with Crippen molar-refractivity contribution in [2.24, 2.45) is 5.41 Å². The molecule has 108 valence electrons. The van der Waals surface area contributed by atoms with Crippen molar-refractivity contribution >= 4 is 17.3 Å². The summed E-state index contributed by atoms with van der Waals surface area (Å²) in [6.07, 6.45) is 2.22.